The standard InChI is InChI=1S/C15H17N3O/c1-16-10-15-17-7-6-13(18-15)11-4-5-14-12(9-11)3-2-8-19-14/h4-7,9,16H,2-3,8,10H2,1H3. The van der Waals surface area contributed by atoms with Crippen LogP contribution in [0.2, 0.25) is 0 Å². The summed E-state index contributed by atoms with van der Waals surface area (Å²) in [4.78, 5) is 8.81. The van der Waals surface area contributed by atoms with Gasteiger partial charge in [0, 0.05) is 11.8 Å². The summed E-state index contributed by atoms with van der Waals surface area (Å²) in [6, 6.07) is 8.24. The van der Waals surface area contributed by atoms with Crippen LogP contribution in [0.1, 0.15) is 17.8 Å². The maximum atomic E-state index is 5.63. The molecule has 0 spiro atoms. The van der Waals surface area contributed by atoms with Crippen molar-refractivity contribution in [2.45, 2.75) is 19.4 Å². The van der Waals surface area contributed by atoms with Gasteiger partial charge in [-0.2, -0.15) is 0 Å². The van der Waals surface area contributed by atoms with Crippen molar-refractivity contribution in [3.05, 3.63) is 41.9 Å². The topological polar surface area (TPSA) is 47.0 Å². The average Bonchev–Trinajstić information content (AvgIpc) is 2.47. The second-order valence-electron chi connectivity index (χ2n) is 4.66. The molecular formula is C15H17N3O. The van der Waals surface area contributed by atoms with Gasteiger partial charge >= 0.3 is 0 Å². The van der Waals surface area contributed by atoms with Gasteiger partial charge in [0.05, 0.1) is 18.8 Å². The number of aryl methyl sites for hydroxylation is 1. The highest BCUT2D eigenvalue weighted by Crippen LogP contribution is 2.29. The van der Waals surface area contributed by atoms with Crippen molar-refractivity contribution in [1.82, 2.24) is 15.3 Å². The fraction of sp³-hybridized carbons (Fsp3) is 0.333. The molecule has 1 aromatic carbocycles. The molecule has 98 valence electrons. The van der Waals surface area contributed by atoms with Crippen LogP contribution in [-0.4, -0.2) is 23.6 Å². The molecule has 0 unspecified atom stereocenters. The van der Waals surface area contributed by atoms with E-state index >= 15 is 0 Å². The van der Waals surface area contributed by atoms with Gasteiger partial charge in [-0.05, 0) is 49.7 Å². The molecule has 0 radical (unpaired) electrons. The van der Waals surface area contributed by atoms with E-state index in [0.717, 1.165) is 42.3 Å². The maximum absolute atomic E-state index is 5.63. The second-order valence-corrected chi connectivity index (χ2v) is 4.66. The third-order valence-corrected chi connectivity index (χ3v) is 3.24. The van der Waals surface area contributed by atoms with Crippen molar-refractivity contribution >= 4 is 0 Å². The van der Waals surface area contributed by atoms with Gasteiger partial charge in [0.25, 0.3) is 0 Å². The monoisotopic (exact) mass is 255 g/mol. The Labute approximate surface area is 112 Å². The molecule has 0 aliphatic carbocycles. The Morgan fingerprint density at radius 3 is 3.16 bits per heavy atom. The van der Waals surface area contributed by atoms with Gasteiger partial charge < -0.3 is 10.1 Å². The van der Waals surface area contributed by atoms with Gasteiger partial charge in [-0.15, -0.1) is 0 Å². The van der Waals surface area contributed by atoms with Crippen LogP contribution in [0, 0.1) is 0 Å². The number of aromatic nitrogens is 2. The quantitative estimate of drug-likeness (QED) is 0.913. The molecule has 4 heteroatoms. The zero-order chi connectivity index (χ0) is 13.1. The molecule has 1 N–H and O–H groups in total. The summed E-state index contributed by atoms with van der Waals surface area (Å²) in [7, 11) is 1.90. The summed E-state index contributed by atoms with van der Waals surface area (Å²) in [6.07, 6.45) is 3.98. The Hall–Kier alpha value is -1.94. The van der Waals surface area contributed by atoms with Gasteiger partial charge in [-0.25, -0.2) is 9.97 Å². The molecule has 2 aromatic rings. The SMILES string of the molecule is CNCc1nccc(-c2ccc3c(c2)CCCO3)n1. The third kappa shape index (κ3) is 2.58. The Morgan fingerprint density at radius 1 is 1.32 bits per heavy atom. The lowest BCUT2D eigenvalue weighted by Gasteiger charge is -2.17. The first kappa shape index (κ1) is 12.1. The summed E-state index contributed by atoms with van der Waals surface area (Å²) in [5.74, 6) is 1.83. The Bertz CT molecular complexity index is 583. The number of rotatable bonds is 3. The van der Waals surface area contributed by atoms with Crippen molar-refractivity contribution in [3.8, 4) is 17.0 Å². The summed E-state index contributed by atoms with van der Waals surface area (Å²) in [6.45, 7) is 1.51. The Balaban J connectivity index is 1.95. The summed E-state index contributed by atoms with van der Waals surface area (Å²) >= 11 is 0. The Morgan fingerprint density at radius 2 is 2.26 bits per heavy atom. The highest BCUT2D eigenvalue weighted by Gasteiger charge is 2.11. The fourth-order valence-corrected chi connectivity index (χ4v) is 2.32. The van der Waals surface area contributed by atoms with Crippen LogP contribution in [0.5, 0.6) is 5.75 Å². The molecular weight excluding hydrogens is 238 g/mol. The number of ether oxygens (including phenoxy) is 1. The van der Waals surface area contributed by atoms with Gasteiger partial charge in [-0.1, -0.05) is 0 Å². The van der Waals surface area contributed by atoms with Gasteiger partial charge in [-0.3, -0.25) is 0 Å². The lowest BCUT2D eigenvalue weighted by atomic mass is 10.0. The predicted molar refractivity (Wildman–Crippen MR) is 74.0 cm³/mol. The van der Waals surface area contributed by atoms with Gasteiger partial charge in [0.15, 0.2) is 0 Å². The van der Waals surface area contributed by atoms with Crippen molar-refractivity contribution < 1.29 is 4.74 Å². The zero-order valence-electron chi connectivity index (χ0n) is 11.0. The number of hydrogen-bond acceptors (Lipinski definition) is 4. The normalized spacial score (nSPS) is 13.7. The zero-order valence-corrected chi connectivity index (χ0v) is 11.0. The van der Waals surface area contributed by atoms with Crippen LogP contribution >= 0.6 is 0 Å². The molecule has 0 bridgehead atoms. The minimum absolute atomic E-state index is 0.682. The molecule has 3 rings (SSSR count). The lowest BCUT2D eigenvalue weighted by Crippen LogP contribution is -2.09. The first-order chi connectivity index (χ1) is 9.36. The van der Waals surface area contributed by atoms with E-state index in [1.165, 1.54) is 5.56 Å². The molecule has 0 amide bonds. The molecule has 0 saturated carbocycles. The van der Waals surface area contributed by atoms with Crippen molar-refractivity contribution in [2.24, 2.45) is 0 Å². The van der Waals surface area contributed by atoms with E-state index in [1.807, 2.05) is 25.4 Å². The molecule has 0 saturated heterocycles. The first-order valence-corrected chi connectivity index (χ1v) is 6.59. The molecule has 1 aliphatic rings. The van der Waals surface area contributed by atoms with E-state index in [1.54, 1.807) is 0 Å². The number of benzene rings is 1. The number of hydrogen-bond donors (Lipinski definition) is 1. The van der Waals surface area contributed by atoms with E-state index < -0.39 is 0 Å². The predicted octanol–water partition coefficient (Wildman–Crippen LogP) is 2.19. The van der Waals surface area contributed by atoms with Crippen LogP contribution in [0.25, 0.3) is 11.3 Å². The molecule has 0 atom stereocenters. The van der Waals surface area contributed by atoms with Gasteiger partial charge in [0.2, 0.25) is 0 Å². The van der Waals surface area contributed by atoms with E-state index in [2.05, 4.69) is 27.4 Å². The minimum atomic E-state index is 0.682. The van der Waals surface area contributed by atoms with E-state index in [-0.39, 0.29) is 0 Å². The van der Waals surface area contributed by atoms with Crippen LogP contribution in [-0.2, 0) is 13.0 Å². The summed E-state index contributed by atoms with van der Waals surface area (Å²) in [5, 5.41) is 3.07. The maximum Gasteiger partial charge on any atom is 0.142 e. The fourth-order valence-electron chi connectivity index (χ4n) is 2.32. The molecule has 2 heterocycles. The highest BCUT2D eigenvalue weighted by molar-refractivity contribution is 5.62. The largest absolute Gasteiger partial charge is 0.493 e. The second kappa shape index (κ2) is 5.36. The Kier molecular flexibility index (Phi) is 3.42. The van der Waals surface area contributed by atoms with Crippen molar-refractivity contribution in [1.29, 1.82) is 0 Å². The summed E-state index contributed by atoms with van der Waals surface area (Å²) < 4.78 is 5.63. The summed E-state index contributed by atoms with van der Waals surface area (Å²) in [5.41, 5.74) is 3.37. The van der Waals surface area contributed by atoms with Crippen LogP contribution in [0.4, 0.5) is 0 Å². The molecule has 1 aliphatic heterocycles. The lowest BCUT2D eigenvalue weighted by molar-refractivity contribution is 0.288. The first-order valence-electron chi connectivity index (χ1n) is 6.59. The van der Waals surface area contributed by atoms with E-state index in [0.29, 0.717) is 6.54 Å². The number of nitrogens with one attached hydrogen (secondary N) is 1. The minimum Gasteiger partial charge on any atom is -0.493 e. The van der Waals surface area contributed by atoms with Gasteiger partial charge in [0.1, 0.15) is 11.6 Å². The molecule has 19 heavy (non-hydrogen) atoms. The van der Waals surface area contributed by atoms with E-state index in [4.69, 9.17) is 4.74 Å². The number of nitrogens with zero attached hydrogens (tertiary/aromatic N) is 2. The van der Waals surface area contributed by atoms with Crippen LogP contribution in [0.15, 0.2) is 30.5 Å². The average molecular weight is 255 g/mol. The van der Waals surface area contributed by atoms with Crippen molar-refractivity contribution in [3.63, 3.8) is 0 Å². The molecule has 1 aromatic heterocycles. The van der Waals surface area contributed by atoms with Crippen molar-refractivity contribution in [2.75, 3.05) is 13.7 Å². The van der Waals surface area contributed by atoms with E-state index in [9.17, 15) is 0 Å². The highest BCUT2D eigenvalue weighted by atomic mass is 16.5. The van der Waals surface area contributed by atoms with Crippen LogP contribution in [0.3, 0.4) is 0 Å². The smallest absolute Gasteiger partial charge is 0.142 e. The number of fused-ring (bicyclic) bond motifs is 1. The molecule has 4 nitrogen and oxygen atoms in total. The third-order valence-electron chi connectivity index (χ3n) is 3.24. The van der Waals surface area contributed by atoms with Crippen LogP contribution < -0.4 is 10.1 Å². The molecule has 0 fully saturated rings.